The minimum atomic E-state index is 0.119. The lowest BCUT2D eigenvalue weighted by Crippen LogP contribution is -2.08. The third-order valence-electron chi connectivity index (χ3n) is 3.00. The van der Waals surface area contributed by atoms with E-state index in [2.05, 4.69) is 42.2 Å². The molecular weight excluding hydrogens is 208 g/mol. The van der Waals surface area contributed by atoms with Crippen LogP contribution in [0.25, 0.3) is 11.1 Å². The Morgan fingerprint density at radius 2 is 2.00 bits per heavy atom. The summed E-state index contributed by atoms with van der Waals surface area (Å²) in [6.45, 7) is 4.10. The van der Waals surface area contributed by atoms with E-state index < -0.39 is 0 Å². The summed E-state index contributed by atoms with van der Waals surface area (Å²) in [7, 11) is 0. The van der Waals surface area contributed by atoms with Crippen molar-refractivity contribution in [1.29, 1.82) is 0 Å². The van der Waals surface area contributed by atoms with Gasteiger partial charge in [0.05, 0.1) is 0 Å². The van der Waals surface area contributed by atoms with E-state index in [1.54, 1.807) is 0 Å². The van der Waals surface area contributed by atoms with E-state index in [1.165, 1.54) is 11.1 Å². The molecule has 2 N–H and O–H groups in total. The maximum absolute atomic E-state index is 6.05. The Hall–Kier alpha value is -1.67. The Labute approximate surface area is 103 Å². The first-order valence-corrected chi connectivity index (χ1v) is 5.99. The van der Waals surface area contributed by atoms with Gasteiger partial charge in [-0.25, -0.2) is 0 Å². The van der Waals surface area contributed by atoms with Gasteiger partial charge in [0.2, 0.25) is 0 Å². The van der Waals surface area contributed by atoms with Crippen molar-refractivity contribution in [3.05, 3.63) is 53.9 Å². The number of benzene rings is 1. The zero-order valence-corrected chi connectivity index (χ0v) is 10.4. The molecule has 1 aromatic heterocycles. The highest BCUT2D eigenvalue weighted by Crippen LogP contribution is 2.23. The second-order valence-corrected chi connectivity index (χ2v) is 4.33. The van der Waals surface area contributed by atoms with Crippen LogP contribution >= 0.6 is 0 Å². The number of aromatic nitrogens is 1. The van der Waals surface area contributed by atoms with Crippen molar-refractivity contribution in [3.8, 4) is 11.1 Å². The van der Waals surface area contributed by atoms with Gasteiger partial charge >= 0.3 is 0 Å². The standard InChI is InChI=1S/C15H18N2/c1-3-15(16)13-6-4-5-12(9-13)14-8-7-11(2)17-10-14/h4-10,15H,3,16H2,1-2H3. The molecule has 1 atom stereocenters. The lowest BCUT2D eigenvalue weighted by atomic mass is 9.99. The molecule has 2 nitrogen and oxygen atoms in total. The van der Waals surface area contributed by atoms with Gasteiger partial charge in [-0.05, 0) is 36.6 Å². The van der Waals surface area contributed by atoms with Crippen LogP contribution < -0.4 is 5.73 Å². The molecule has 1 aromatic carbocycles. The van der Waals surface area contributed by atoms with Crippen molar-refractivity contribution in [2.24, 2.45) is 5.73 Å². The molecule has 2 heteroatoms. The van der Waals surface area contributed by atoms with Crippen LogP contribution in [0.3, 0.4) is 0 Å². The number of rotatable bonds is 3. The van der Waals surface area contributed by atoms with Crippen LogP contribution in [0.4, 0.5) is 0 Å². The van der Waals surface area contributed by atoms with Gasteiger partial charge in [-0.1, -0.05) is 31.2 Å². The molecule has 0 bridgehead atoms. The van der Waals surface area contributed by atoms with Crippen LogP contribution in [0.15, 0.2) is 42.6 Å². The first kappa shape index (κ1) is 11.8. The summed E-state index contributed by atoms with van der Waals surface area (Å²) in [6, 6.07) is 12.6. The Bertz CT molecular complexity index is 489. The van der Waals surface area contributed by atoms with E-state index in [-0.39, 0.29) is 6.04 Å². The smallest absolute Gasteiger partial charge is 0.0373 e. The molecule has 0 aliphatic carbocycles. The van der Waals surface area contributed by atoms with Crippen molar-refractivity contribution >= 4 is 0 Å². The molecule has 0 aliphatic rings. The largest absolute Gasteiger partial charge is 0.324 e. The molecule has 0 spiro atoms. The average molecular weight is 226 g/mol. The highest BCUT2D eigenvalue weighted by Gasteiger charge is 2.05. The second-order valence-electron chi connectivity index (χ2n) is 4.33. The van der Waals surface area contributed by atoms with E-state index >= 15 is 0 Å². The summed E-state index contributed by atoms with van der Waals surface area (Å²) in [6.07, 6.45) is 2.86. The van der Waals surface area contributed by atoms with Gasteiger partial charge in [0.25, 0.3) is 0 Å². The quantitative estimate of drug-likeness (QED) is 0.870. The molecule has 88 valence electrons. The van der Waals surface area contributed by atoms with Gasteiger partial charge in [0.15, 0.2) is 0 Å². The number of hydrogen-bond acceptors (Lipinski definition) is 2. The molecule has 0 aliphatic heterocycles. The molecule has 1 unspecified atom stereocenters. The molecule has 0 fully saturated rings. The van der Waals surface area contributed by atoms with Gasteiger partial charge in [-0.15, -0.1) is 0 Å². The van der Waals surface area contributed by atoms with Gasteiger partial charge in [0, 0.05) is 23.5 Å². The summed E-state index contributed by atoms with van der Waals surface area (Å²) in [5.41, 5.74) is 10.6. The summed E-state index contributed by atoms with van der Waals surface area (Å²) < 4.78 is 0. The Morgan fingerprint density at radius 1 is 1.18 bits per heavy atom. The predicted molar refractivity (Wildman–Crippen MR) is 71.6 cm³/mol. The van der Waals surface area contributed by atoms with Crippen molar-refractivity contribution in [1.82, 2.24) is 4.98 Å². The zero-order valence-electron chi connectivity index (χ0n) is 10.4. The maximum atomic E-state index is 6.05. The van der Waals surface area contributed by atoms with Crippen LogP contribution in [0.2, 0.25) is 0 Å². The molecule has 0 radical (unpaired) electrons. The van der Waals surface area contributed by atoms with E-state index in [4.69, 9.17) is 5.73 Å². The Balaban J connectivity index is 2.36. The summed E-state index contributed by atoms with van der Waals surface area (Å²) in [5, 5.41) is 0. The fraction of sp³-hybridized carbons (Fsp3) is 0.267. The summed E-state index contributed by atoms with van der Waals surface area (Å²) in [4.78, 5) is 4.32. The third-order valence-corrected chi connectivity index (χ3v) is 3.00. The molecule has 2 rings (SSSR count). The van der Waals surface area contributed by atoms with Gasteiger partial charge < -0.3 is 5.73 Å². The topological polar surface area (TPSA) is 38.9 Å². The van der Waals surface area contributed by atoms with Crippen molar-refractivity contribution in [2.75, 3.05) is 0 Å². The van der Waals surface area contributed by atoms with Gasteiger partial charge in [-0.2, -0.15) is 0 Å². The monoisotopic (exact) mass is 226 g/mol. The van der Waals surface area contributed by atoms with E-state index in [0.717, 1.165) is 17.7 Å². The number of pyridine rings is 1. The highest BCUT2D eigenvalue weighted by molar-refractivity contribution is 5.63. The number of hydrogen-bond donors (Lipinski definition) is 1. The minimum Gasteiger partial charge on any atom is -0.324 e. The number of nitrogens with zero attached hydrogens (tertiary/aromatic N) is 1. The molecule has 0 saturated carbocycles. The Kier molecular flexibility index (Phi) is 3.55. The van der Waals surface area contributed by atoms with Crippen molar-refractivity contribution < 1.29 is 0 Å². The molecule has 0 amide bonds. The third kappa shape index (κ3) is 2.71. The lowest BCUT2D eigenvalue weighted by molar-refractivity contribution is 0.699. The Morgan fingerprint density at radius 3 is 2.65 bits per heavy atom. The highest BCUT2D eigenvalue weighted by atomic mass is 14.7. The SMILES string of the molecule is CCC(N)c1cccc(-c2ccc(C)nc2)c1. The first-order chi connectivity index (χ1) is 8.20. The molecule has 0 saturated heterocycles. The molecule has 1 heterocycles. The normalized spacial score (nSPS) is 12.4. The van der Waals surface area contributed by atoms with E-state index in [9.17, 15) is 0 Å². The van der Waals surface area contributed by atoms with Crippen LogP contribution in [-0.4, -0.2) is 4.98 Å². The maximum Gasteiger partial charge on any atom is 0.0373 e. The zero-order chi connectivity index (χ0) is 12.3. The van der Waals surface area contributed by atoms with Crippen LogP contribution in [0.5, 0.6) is 0 Å². The van der Waals surface area contributed by atoms with Crippen LogP contribution in [-0.2, 0) is 0 Å². The van der Waals surface area contributed by atoms with Gasteiger partial charge in [-0.3, -0.25) is 4.98 Å². The molecule has 17 heavy (non-hydrogen) atoms. The molecule has 2 aromatic rings. The number of aryl methyl sites for hydroxylation is 1. The number of nitrogens with two attached hydrogens (primary N) is 1. The lowest BCUT2D eigenvalue weighted by Gasteiger charge is -2.11. The molecular formula is C15H18N2. The fourth-order valence-electron chi connectivity index (χ4n) is 1.82. The second kappa shape index (κ2) is 5.11. The van der Waals surface area contributed by atoms with Crippen molar-refractivity contribution in [2.45, 2.75) is 26.3 Å². The summed E-state index contributed by atoms with van der Waals surface area (Å²) >= 11 is 0. The van der Waals surface area contributed by atoms with Gasteiger partial charge in [0.1, 0.15) is 0 Å². The van der Waals surface area contributed by atoms with E-state index in [0.29, 0.717) is 0 Å². The minimum absolute atomic E-state index is 0.119. The fourth-order valence-corrected chi connectivity index (χ4v) is 1.82. The van der Waals surface area contributed by atoms with E-state index in [1.807, 2.05) is 19.2 Å². The van der Waals surface area contributed by atoms with Crippen LogP contribution in [0.1, 0.15) is 30.6 Å². The van der Waals surface area contributed by atoms with Crippen molar-refractivity contribution in [3.63, 3.8) is 0 Å². The predicted octanol–water partition coefficient (Wildman–Crippen LogP) is 3.47. The van der Waals surface area contributed by atoms with Crippen LogP contribution in [0, 0.1) is 6.92 Å². The summed E-state index contributed by atoms with van der Waals surface area (Å²) in [5.74, 6) is 0. The average Bonchev–Trinajstić information content (AvgIpc) is 2.39. The first-order valence-electron chi connectivity index (χ1n) is 5.99.